The summed E-state index contributed by atoms with van der Waals surface area (Å²) in [5, 5.41) is 0. The molecule has 1 aliphatic carbocycles. The molecule has 11 heavy (non-hydrogen) atoms. The summed E-state index contributed by atoms with van der Waals surface area (Å²) in [6.45, 7) is 0. The van der Waals surface area contributed by atoms with Crippen LogP contribution in [0.4, 0.5) is 0 Å². The van der Waals surface area contributed by atoms with Gasteiger partial charge in [0.05, 0.1) is 0 Å². The van der Waals surface area contributed by atoms with Crippen LogP contribution in [0.5, 0.6) is 0 Å². The van der Waals surface area contributed by atoms with Gasteiger partial charge in [0.1, 0.15) is 0 Å². The summed E-state index contributed by atoms with van der Waals surface area (Å²) in [6.07, 6.45) is 21.5. The molecular formula is C11H12. The van der Waals surface area contributed by atoms with Crippen LogP contribution >= 0.6 is 0 Å². The second kappa shape index (κ2) is 5.48. The topological polar surface area (TPSA) is 0 Å². The Hall–Kier alpha value is -1.30. The predicted molar refractivity (Wildman–Crippen MR) is 50.3 cm³/mol. The first kappa shape index (κ1) is 7.80. The Kier molecular flexibility index (Phi) is 3.89. The van der Waals surface area contributed by atoms with Crippen LogP contribution in [0, 0.1) is 0 Å². The summed E-state index contributed by atoms with van der Waals surface area (Å²) in [5.74, 6) is 0. The second-order valence-electron chi connectivity index (χ2n) is 2.25. The van der Waals surface area contributed by atoms with Gasteiger partial charge in [0, 0.05) is 0 Å². The van der Waals surface area contributed by atoms with Gasteiger partial charge < -0.3 is 0 Å². The molecule has 0 aliphatic heterocycles. The molecule has 0 heterocycles. The Morgan fingerprint density at radius 2 is 0.818 bits per heavy atom. The summed E-state index contributed by atoms with van der Waals surface area (Å²) < 4.78 is 0. The third-order valence-electron chi connectivity index (χ3n) is 1.32. The van der Waals surface area contributed by atoms with Crippen LogP contribution in [-0.2, 0) is 0 Å². The van der Waals surface area contributed by atoms with Crippen molar-refractivity contribution in [3.63, 3.8) is 0 Å². The van der Waals surface area contributed by atoms with Crippen molar-refractivity contribution in [3.05, 3.63) is 60.8 Å². The minimum absolute atomic E-state index is 1.01. The minimum atomic E-state index is 1.01. The highest BCUT2D eigenvalue weighted by molar-refractivity contribution is 5.19. The monoisotopic (exact) mass is 144 g/mol. The lowest BCUT2D eigenvalue weighted by Crippen LogP contribution is -1.55. The van der Waals surface area contributed by atoms with Crippen LogP contribution in [0.2, 0.25) is 0 Å². The first-order valence-corrected chi connectivity index (χ1v) is 3.82. The van der Waals surface area contributed by atoms with E-state index in [-0.39, 0.29) is 0 Å². The van der Waals surface area contributed by atoms with E-state index >= 15 is 0 Å². The average molecular weight is 144 g/mol. The van der Waals surface area contributed by atoms with Gasteiger partial charge in [-0.15, -0.1) is 0 Å². The SMILES string of the molecule is C1=C\C=C\C=C/C\C=C/C=C/1. The Morgan fingerprint density at radius 1 is 0.455 bits per heavy atom. The maximum Gasteiger partial charge on any atom is -0.0163 e. The molecule has 0 aromatic carbocycles. The number of hydrogen-bond donors (Lipinski definition) is 0. The van der Waals surface area contributed by atoms with E-state index in [4.69, 9.17) is 0 Å². The van der Waals surface area contributed by atoms with E-state index in [2.05, 4.69) is 24.3 Å². The summed E-state index contributed by atoms with van der Waals surface area (Å²) >= 11 is 0. The van der Waals surface area contributed by atoms with Crippen LogP contribution in [0.25, 0.3) is 0 Å². The fraction of sp³-hybridized carbons (Fsp3) is 0.0909. The quantitative estimate of drug-likeness (QED) is 0.490. The normalized spacial score (nSPS) is 31.3. The maximum atomic E-state index is 2.12. The standard InChI is InChI=1S/C11H12/c1-2-4-6-8-10-11-9-7-5-3-1/h1-10H,11H2/b2-1-,5-3+,6-4+,9-7-,10-8-. The first-order valence-electron chi connectivity index (χ1n) is 3.82. The van der Waals surface area contributed by atoms with Crippen LogP contribution in [-0.4, -0.2) is 0 Å². The van der Waals surface area contributed by atoms with Crippen molar-refractivity contribution in [3.8, 4) is 0 Å². The van der Waals surface area contributed by atoms with E-state index in [1.807, 2.05) is 36.5 Å². The van der Waals surface area contributed by atoms with Gasteiger partial charge >= 0.3 is 0 Å². The van der Waals surface area contributed by atoms with Gasteiger partial charge in [0.25, 0.3) is 0 Å². The highest BCUT2D eigenvalue weighted by atomic mass is 13.8. The van der Waals surface area contributed by atoms with E-state index in [1.165, 1.54) is 0 Å². The van der Waals surface area contributed by atoms with Gasteiger partial charge in [-0.1, -0.05) is 60.8 Å². The molecule has 0 fully saturated rings. The molecule has 0 heteroatoms. The molecule has 1 rings (SSSR count). The smallest absolute Gasteiger partial charge is 0.0163 e. The lowest BCUT2D eigenvalue weighted by atomic mass is 10.3. The van der Waals surface area contributed by atoms with Gasteiger partial charge in [-0.2, -0.15) is 0 Å². The molecule has 0 N–H and O–H groups in total. The van der Waals surface area contributed by atoms with Crippen LogP contribution in [0.1, 0.15) is 6.42 Å². The van der Waals surface area contributed by atoms with Crippen molar-refractivity contribution in [2.24, 2.45) is 0 Å². The summed E-state index contributed by atoms with van der Waals surface area (Å²) in [4.78, 5) is 0. The van der Waals surface area contributed by atoms with E-state index in [0.717, 1.165) is 6.42 Å². The minimum Gasteiger partial charge on any atom is -0.0807 e. The molecule has 56 valence electrons. The number of allylic oxidation sites excluding steroid dienone is 10. The molecule has 0 saturated carbocycles. The predicted octanol–water partition coefficient (Wildman–Crippen LogP) is 3.17. The van der Waals surface area contributed by atoms with E-state index in [0.29, 0.717) is 0 Å². The Labute approximate surface area is 67.9 Å². The first-order chi connectivity index (χ1) is 5.50. The van der Waals surface area contributed by atoms with Crippen molar-refractivity contribution in [2.75, 3.05) is 0 Å². The van der Waals surface area contributed by atoms with Gasteiger partial charge in [-0.05, 0) is 6.42 Å². The zero-order valence-corrected chi connectivity index (χ0v) is 6.48. The second-order valence-corrected chi connectivity index (χ2v) is 2.25. The van der Waals surface area contributed by atoms with E-state index in [9.17, 15) is 0 Å². The molecule has 1 aliphatic rings. The summed E-state index contributed by atoms with van der Waals surface area (Å²) in [5.41, 5.74) is 0. The van der Waals surface area contributed by atoms with Crippen molar-refractivity contribution < 1.29 is 0 Å². The molecule has 0 unspecified atom stereocenters. The third kappa shape index (κ3) is 4.15. The lowest BCUT2D eigenvalue weighted by molar-refractivity contribution is 1.39. The summed E-state index contributed by atoms with van der Waals surface area (Å²) in [6, 6.07) is 0. The van der Waals surface area contributed by atoms with Crippen LogP contribution in [0.3, 0.4) is 0 Å². The molecule has 0 atom stereocenters. The van der Waals surface area contributed by atoms with Crippen molar-refractivity contribution in [1.82, 2.24) is 0 Å². The molecule has 0 saturated heterocycles. The van der Waals surface area contributed by atoms with Gasteiger partial charge in [-0.3, -0.25) is 0 Å². The fourth-order valence-corrected chi connectivity index (χ4v) is 0.778. The number of hydrogen-bond acceptors (Lipinski definition) is 0. The zero-order valence-electron chi connectivity index (χ0n) is 6.48. The van der Waals surface area contributed by atoms with Gasteiger partial charge in [-0.25, -0.2) is 0 Å². The van der Waals surface area contributed by atoms with Crippen molar-refractivity contribution >= 4 is 0 Å². The molecular weight excluding hydrogens is 132 g/mol. The largest absolute Gasteiger partial charge is 0.0807 e. The lowest BCUT2D eigenvalue weighted by Gasteiger charge is -1.76. The average Bonchev–Trinajstić information content (AvgIpc) is 2.08. The Balaban J connectivity index is 2.61. The zero-order chi connectivity index (χ0) is 7.78. The molecule has 0 spiro atoms. The molecule has 0 aromatic rings. The van der Waals surface area contributed by atoms with Gasteiger partial charge in [0.15, 0.2) is 0 Å². The highest BCUT2D eigenvalue weighted by Gasteiger charge is 1.69. The van der Waals surface area contributed by atoms with Crippen molar-refractivity contribution in [1.29, 1.82) is 0 Å². The molecule has 0 aromatic heterocycles. The van der Waals surface area contributed by atoms with Crippen molar-refractivity contribution in [2.45, 2.75) is 6.42 Å². The van der Waals surface area contributed by atoms with Crippen LogP contribution < -0.4 is 0 Å². The molecule has 0 radical (unpaired) electrons. The van der Waals surface area contributed by atoms with Gasteiger partial charge in [0.2, 0.25) is 0 Å². The number of rotatable bonds is 0. The molecule has 0 bridgehead atoms. The van der Waals surface area contributed by atoms with Crippen LogP contribution in [0.15, 0.2) is 60.8 Å². The summed E-state index contributed by atoms with van der Waals surface area (Å²) in [7, 11) is 0. The highest BCUT2D eigenvalue weighted by Crippen LogP contribution is 1.90. The third-order valence-corrected chi connectivity index (χ3v) is 1.32. The maximum absolute atomic E-state index is 2.12. The Morgan fingerprint density at radius 3 is 1.27 bits per heavy atom. The van der Waals surface area contributed by atoms with E-state index in [1.54, 1.807) is 0 Å². The molecule has 0 amide bonds. The molecule has 0 nitrogen and oxygen atoms in total. The van der Waals surface area contributed by atoms with E-state index < -0.39 is 0 Å². The Bertz CT molecular complexity index is 200. The fourth-order valence-electron chi connectivity index (χ4n) is 0.778.